The number of hydrogen-bond acceptors (Lipinski definition) is 1. The molecule has 1 rings (SSSR count). The Morgan fingerprint density at radius 3 is 2.00 bits per heavy atom. The number of rotatable bonds is 1. The molecule has 0 amide bonds. The Kier molecular flexibility index (Phi) is 8.42. The van der Waals surface area contributed by atoms with Crippen LogP contribution in [0.5, 0.6) is 0 Å². The average molecular weight is 244 g/mol. The Hall–Kier alpha value is 1.06. The fourth-order valence-corrected chi connectivity index (χ4v) is 1.38. The maximum atomic E-state index is 3.88. The van der Waals surface area contributed by atoms with Crippen molar-refractivity contribution in [3.05, 3.63) is 14.4 Å². The van der Waals surface area contributed by atoms with Gasteiger partial charge in [0.15, 0.2) is 0 Å². The van der Waals surface area contributed by atoms with E-state index in [0.29, 0.717) is 5.41 Å². The molecule has 2 heteroatoms. The number of hydrogen-bond donors (Lipinski definition) is 0. The van der Waals surface area contributed by atoms with Crippen molar-refractivity contribution in [1.82, 2.24) is 4.90 Å². The van der Waals surface area contributed by atoms with Crippen LogP contribution in [-0.2, 0) is 32.7 Å². The van der Waals surface area contributed by atoms with Gasteiger partial charge in [-0.2, -0.15) is 0 Å². The first kappa shape index (κ1) is 15.5. The fourth-order valence-electron chi connectivity index (χ4n) is 1.38. The van der Waals surface area contributed by atoms with Crippen LogP contribution in [0.1, 0.15) is 26.7 Å². The molecule has 0 unspecified atom stereocenters. The minimum absolute atomic E-state index is 0. The molecule has 12 heavy (non-hydrogen) atoms. The van der Waals surface area contributed by atoms with E-state index in [1.807, 2.05) is 0 Å². The summed E-state index contributed by atoms with van der Waals surface area (Å²) in [4.78, 5) is 2.42. The SMILES string of the molecule is [CH2-]CN1CCC(C)(C)CC1.[CH3-].[Y]. The van der Waals surface area contributed by atoms with Crippen LogP contribution in [0.25, 0.3) is 0 Å². The summed E-state index contributed by atoms with van der Waals surface area (Å²) in [5.74, 6) is 0. The second-order valence-electron chi connectivity index (χ2n) is 4.01. The summed E-state index contributed by atoms with van der Waals surface area (Å²) in [5.41, 5.74) is 0.589. The number of piperidine rings is 1. The van der Waals surface area contributed by atoms with Crippen molar-refractivity contribution >= 4 is 0 Å². The Balaban J connectivity index is 0. The van der Waals surface area contributed by atoms with E-state index in [0.717, 1.165) is 6.54 Å². The molecule has 0 aliphatic carbocycles. The number of likely N-dealkylation sites (tertiary alicyclic amines) is 1. The van der Waals surface area contributed by atoms with Crippen molar-refractivity contribution in [2.45, 2.75) is 26.7 Å². The Morgan fingerprint density at radius 1 is 1.25 bits per heavy atom. The van der Waals surface area contributed by atoms with Crippen LogP contribution in [-0.4, -0.2) is 24.5 Å². The largest absolute Gasteiger partial charge is 0.358 e. The average Bonchev–Trinajstić information content (AvgIpc) is 1.88. The van der Waals surface area contributed by atoms with Gasteiger partial charge in [0.1, 0.15) is 0 Å². The summed E-state index contributed by atoms with van der Waals surface area (Å²) in [6.07, 6.45) is 2.67. The molecular weight excluding hydrogens is 223 g/mol. The predicted molar refractivity (Wildman–Crippen MR) is 51.2 cm³/mol. The molecule has 0 aromatic rings. The van der Waals surface area contributed by atoms with Gasteiger partial charge in [0, 0.05) is 32.7 Å². The van der Waals surface area contributed by atoms with Crippen LogP contribution in [0.4, 0.5) is 0 Å². The molecule has 71 valence electrons. The molecule has 1 nitrogen and oxygen atoms in total. The summed E-state index contributed by atoms with van der Waals surface area (Å²) < 4.78 is 0. The minimum Gasteiger partial charge on any atom is -0.358 e. The third kappa shape index (κ3) is 4.94. The summed E-state index contributed by atoms with van der Waals surface area (Å²) in [7, 11) is 0. The van der Waals surface area contributed by atoms with Gasteiger partial charge in [-0.3, -0.25) is 0 Å². The number of nitrogens with zero attached hydrogens (tertiary/aromatic N) is 1. The molecule has 0 spiro atoms. The fraction of sp³-hybridized carbons (Fsp3) is 0.800. The van der Waals surface area contributed by atoms with Gasteiger partial charge in [0.05, 0.1) is 0 Å². The second-order valence-corrected chi connectivity index (χ2v) is 4.01. The first-order valence-corrected chi connectivity index (χ1v) is 4.16. The van der Waals surface area contributed by atoms with Crippen molar-refractivity contribution in [2.75, 3.05) is 19.6 Å². The molecule has 1 radical (unpaired) electrons. The zero-order chi connectivity index (χ0) is 7.61. The summed E-state index contributed by atoms with van der Waals surface area (Å²) in [5, 5.41) is 0. The molecule has 0 aromatic carbocycles. The second kappa shape index (κ2) is 6.51. The molecule has 1 saturated heterocycles. The third-order valence-electron chi connectivity index (χ3n) is 2.53. The van der Waals surface area contributed by atoms with Crippen molar-refractivity contribution in [2.24, 2.45) is 5.41 Å². The van der Waals surface area contributed by atoms with Crippen LogP contribution in [0.15, 0.2) is 0 Å². The van der Waals surface area contributed by atoms with Gasteiger partial charge < -0.3 is 19.3 Å². The van der Waals surface area contributed by atoms with Crippen LogP contribution in [0.2, 0.25) is 0 Å². The van der Waals surface area contributed by atoms with E-state index in [4.69, 9.17) is 0 Å². The maximum Gasteiger partial charge on any atom is 0 e. The third-order valence-corrected chi connectivity index (χ3v) is 2.53. The van der Waals surface area contributed by atoms with Gasteiger partial charge in [-0.25, -0.2) is 0 Å². The summed E-state index contributed by atoms with van der Waals surface area (Å²) in [6, 6.07) is 0. The normalized spacial score (nSPS) is 22.2. The van der Waals surface area contributed by atoms with E-state index in [9.17, 15) is 0 Å². The predicted octanol–water partition coefficient (Wildman–Crippen LogP) is 2.39. The maximum absolute atomic E-state index is 3.88. The monoisotopic (exact) mass is 244 g/mol. The first-order valence-electron chi connectivity index (χ1n) is 4.16. The molecule has 0 aromatic heterocycles. The topological polar surface area (TPSA) is 3.24 Å². The Morgan fingerprint density at radius 2 is 1.67 bits per heavy atom. The van der Waals surface area contributed by atoms with Crippen molar-refractivity contribution < 1.29 is 32.7 Å². The smallest absolute Gasteiger partial charge is 0 e. The molecular formula is C10H21NY-2. The van der Waals surface area contributed by atoms with E-state index >= 15 is 0 Å². The quantitative estimate of drug-likeness (QED) is 0.640. The van der Waals surface area contributed by atoms with Crippen LogP contribution < -0.4 is 0 Å². The van der Waals surface area contributed by atoms with Gasteiger partial charge in [-0.1, -0.05) is 13.8 Å². The standard InChI is InChI=1S/C9H18N.CH3.Y/c1-4-10-7-5-9(2,3)6-8-10;;/h1,4-8H2,2-3H3;1H3;/q2*-1;. The molecule has 1 aliphatic rings. The van der Waals surface area contributed by atoms with Gasteiger partial charge in [0.25, 0.3) is 0 Å². The van der Waals surface area contributed by atoms with E-state index in [-0.39, 0.29) is 40.1 Å². The Bertz CT molecular complexity index is 102. The van der Waals surface area contributed by atoms with E-state index < -0.39 is 0 Å². The van der Waals surface area contributed by atoms with Crippen molar-refractivity contribution in [3.8, 4) is 0 Å². The zero-order valence-corrected chi connectivity index (χ0v) is 11.6. The van der Waals surface area contributed by atoms with Gasteiger partial charge >= 0.3 is 0 Å². The molecule has 1 aliphatic heterocycles. The van der Waals surface area contributed by atoms with Crippen molar-refractivity contribution in [3.63, 3.8) is 0 Å². The van der Waals surface area contributed by atoms with E-state index in [1.165, 1.54) is 25.9 Å². The van der Waals surface area contributed by atoms with Crippen molar-refractivity contribution in [1.29, 1.82) is 0 Å². The molecule has 0 saturated carbocycles. The van der Waals surface area contributed by atoms with E-state index in [1.54, 1.807) is 0 Å². The van der Waals surface area contributed by atoms with Crippen LogP contribution >= 0.6 is 0 Å². The van der Waals surface area contributed by atoms with Crippen LogP contribution in [0.3, 0.4) is 0 Å². The van der Waals surface area contributed by atoms with Gasteiger partial charge in [0.2, 0.25) is 0 Å². The van der Waals surface area contributed by atoms with E-state index in [2.05, 4.69) is 25.7 Å². The molecule has 0 N–H and O–H groups in total. The molecule has 1 fully saturated rings. The zero-order valence-electron chi connectivity index (χ0n) is 8.77. The minimum atomic E-state index is 0. The first-order chi connectivity index (χ1) is 4.64. The Labute approximate surface area is 103 Å². The summed E-state index contributed by atoms with van der Waals surface area (Å²) >= 11 is 0. The molecule has 0 bridgehead atoms. The van der Waals surface area contributed by atoms with Crippen LogP contribution in [0, 0.1) is 19.8 Å². The van der Waals surface area contributed by atoms with Gasteiger partial charge in [-0.05, 0) is 31.3 Å². The van der Waals surface area contributed by atoms with Gasteiger partial charge in [-0.15, -0.1) is 6.54 Å². The summed E-state index contributed by atoms with van der Waals surface area (Å²) in [6.45, 7) is 12.1. The molecule has 1 heterocycles. The molecule has 0 atom stereocenters.